The van der Waals surface area contributed by atoms with Crippen LogP contribution in [0.5, 0.6) is 11.5 Å². The zero-order chi connectivity index (χ0) is 23.5. The van der Waals surface area contributed by atoms with Crippen molar-refractivity contribution in [2.24, 2.45) is 0 Å². The molecule has 1 unspecified atom stereocenters. The maximum Gasteiger partial charge on any atom is 0.305 e. The van der Waals surface area contributed by atoms with Crippen molar-refractivity contribution in [1.29, 1.82) is 0 Å². The minimum Gasteiger partial charge on any atom is -0.507 e. The molecule has 0 saturated heterocycles. The van der Waals surface area contributed by atoms with Crippen LogP contribution in [0.3, 0.4) is 0 Å². The molecule has 170 valence electrons. The van der Waals surface area contributed by atoms with Gasteiger partial charge in [-0.3, -0.25) is 4.79 Å². The van der Waals surface area contributed by atoms with E-state index in [0.717, 1.165) is 16.7 Å². The number of hydrogen-bond donors (Lipinski definition) is 1. The van der Waals surface area contributed by atoms with E-state index in [0.29, 0.717) is 30.6 Å². The molecule has 0 radical (unpaired) electrons. The Kier molecular flexibility index (Phi) is 8.89. The number of phenols is 1. The van der Waals surface area contributed by atoms with Gasteiger partial charge >= 0.3 is 5.97 Å². The van der Waals surface area contributed by atoms with Crippen LogP contribution in [0, 0.1) is 0 Å². The Morgan fingerprint density at radius 1 is 0.879 bits per heavy atom. The molecule has 0 bridgehead atoms. The molecule has 0 amide bonds. The lowest BCUT2D eigenvalue weighted by Gasteiger charge is -2.19. The number of rotatable bonds is 10. The molecule has 0 saturated carbocycles. The fourth-order valence-electron chi connectivity index (χ4n) is 3.72. The fourth-order valence-corrected chi connectivity index (χ4v) is 3.72. The van der Waals surface area contributed by atoms with Gasteiger partial charge in [0.15, 0.2) is 0 Å². The summed E-state index contributed by atoms with van der Waals surface area (Å²) >= 11 is 0. The van der Waals surface area contributed by atoms with Gasteiger partial charge in [0.25, 0.3) is 0 Å². The van der Waals surface area contributed by atoms with Gasteiger partial charge in [-0.1, -0.05) is 85.0 Å². The van der Waals surface area contributed by atoms with E-state index in [4.69, 9.17) is 9.47 Å². The smallest absolute Gasteiger partial charge is 0.305 e. The second kappa shape index (κ2) is 12.3. The zero-order valence-electron chi connectivity index (χ0n) is 19.1. The van der Waals surface area contributed by atoms with Gasteiger partial charge in [-0.25, -0.2) is 0 Å². The van der Waals surface area contributed by atoms with Gasteiger partial charge in [-0.05, 0) is 41.7 Å². The van der Waals surface area contributed by atoms with Crippen molar-refractivity contribution < 1.29 is 19.4 Å². The highest BCUT2D eigenvalue weighted by Crippen LogP contribution is 2.40. The summed E-state index contributed by atoms with van der Waals surface area (Å²) in [5.41, 5.74) is 3.70. The van der Waals surface area contributed by atoms with Crippen LogP contribution in [-0.2, 0) is 9.53 Å². The predicted molar refractivity (Wildman–Crippen MR) is 134 cm³/mol. The number of phenolic OH excluding ortho intramolecular Hbond substituents is 1. The average molecular weight is 443 g/mol. The van der Waals surface area contributed by atoms with E-state index < -0.39 is 0 Å². The molecular weight excluding hydrogens is 412 g/mol. The second-order valence-electron chi connectivity index (χ2n) is 7.74. The third-order valence-corrected chi connectivity index (χ3v) is 5.45. The molecule has 0 spiro atoms. The van der Waals surface area contributed by atoms with E-state index >= 15 is 0 Å². The number of esters is 1. The van der Waals surface area contributed by atoms with Crippen LogP contribution in [0.2, 0.25) is 0 Å². The van der Waals surface area contributed by atoms with E-state index in [-0.39, 0.29) is 17.6 Å². The first-order chi connectivity index (χ1) is 16.1. The van der Waals surface area contributed by atoms with Crippen LogP contribution in [0.15, 0.2) is 78.9 Å². The molecule has 33 heavy (non-hydrogen) atoms. The number of methoxy groups -OCH3 is 2. The van der Waals surface area contributed by atoms with Crippen LogP contribution in [0.1, 0.15) is 47.4 Å². The fraction of sp³-hybridized carbons (Fsp3) is 0.207. The number of hydrogen-bond acceptors (Lipinski definition) is 4. The monoisotopic (exact) mass is 442 g/mol. The Hall–Kier alpha value is -3.79. The lowest BCUT2D eigenvalue weighted by atomic mass is 9.90. The maximum absolute atomic E-state index is 11.6. The topological polar surface area (TPSA) is 55.8 Å². The van der Waals surface area contributed by atoms with Crippen molar-refractivity contribution in [1.82, 2.24) is 0 Å². The molecule has 0 aromatic heterocycles. The molecule has 0 aliphatic heterocycles. The van der Waals surface area contributed by atoms with Gasteiger partial charge in [-0.15, -0.1) is 0 Å². The van der Waals surface area contributed by atoms with Crippen molar-refractivity contribution in [3.63, 3.8) is 0 Å². The summed E-state index contributed by atoms with van der Waals surface area (Å²) in [5, 5.41) is 11.0. The molecule has 0 fully saturated rings. The number of carbonyl (C=O) groups is 1. The molecule has 4 heteroatoms. The van der Waals surface area contributed by atoms with Gasteiger partial charge < -0.3 is 14.6 Å². The van der Waals surface area contributed by atoms with Gasteiger partial charge in [-0.2, -0.15) is 0 Å². The molecule has 0 aliphatic rings. The molecule has 0 aliphatic carbocycles. The molecule has 3 aromatic carbocycles. The first kappa shape index (κ1) is 23.9. The Balaban J connectivity index is 1.90. The first-order valence-corrected chi connectivity index (χ1v) is 11.0. The Bertz CT molecular complexity index is 1090. The summed E-state index contributed by atoms with van der Waals surface area (Å²) in [6.45, 7) is 0. The van der Waals surface area contributed by atoms with Crippen LogP contribution in [0.25, 0.3) is 18.2 Å². The number of aromatic hydroxyl groups is 1. The average Bonchev–Trinajstić information content (AvgIpc) is 2.85. The summed E-state index contributed by atoms with van der Waals surface area (Å²) in [5.74, 6) is 0.418. The first-order valence-electron chi connectivity index (χ1n) is 11.0. The summed E-state index contributed by atoms with van der Waals surface area (Å²) in [6.07, 6.45) is 9.67. The predicted octanol–water partition coefficient (Wildman–Crippen LogP) is 6.71. The van der Waals surface area contributed by atoms with Gasteiger partial charge in [0.1, 0.15) is 11.5 Å². The molecule has 3 rings (SSSR count). The molecule has 1 atom stereocenters. The van der Waals surface area contributed by atoms with Crippen molar-refractivity contribution in [2.75, 3.05) is 14.2 Å². The number of allylic oxidation sites excluding steroid dienone is 1. The lowest BCUT2D eigenvalue weighted by molar-refractivity contribution is -0.140. The van der Waals surface area contributed by atoms with Gasteiger partial charge in [0.2, 0.25) is 0 Å². The Labute approximate surface area is 195 Å². The summed E-state index contributed by atoms with van der Waals surface area (Å²) in [7, 11) is 3.00. The van der Waals surface area contributed by atoms with Crippen LogP contribution in [0.4, 0.5) is 0 Å². The molecular formula is C29H30O4. The van der Waals surface area contributed by atoms with Crippen molar-refractivity contribution in [2.45, 2.75) is 25.2 Å². The molecule has 0 heterocycles. The highest BCUT2D eigenvalue weighted by molar-refractivity contribution is 5.72. The van der Waals surface area contributed by atoms with Crippen molar-refractivity contribution >= 4 is 24.2 Å². The van der Waals surface area contributed by atoms with Gasteiger partial charge in [0, 0.05) is 17.9 Å². The van der Waals surface area contributed by atoms with Crippen LogP contribution in [-0.4, -0.2) is 25.3 Å². The Morgan fingerprint density at radius 3 is 2.09 bits per heavy atom. The summed E-state index contributed by atoms with van der Waals surface area (Å²) in [4.78, 5) is 11.6. The largest absolute Gasteiger partial charge is 0.507 e. The van der Waals surface area contributed by atoms with Crippen molar-refractivity contribution in [3.05, 3.63) is 101 Å². The van der Waals surface area contributed by atoms with E-state index in [2.05, 4.69) is 6.08 Å². The number of ether oxygens (including phenoxy) is 2. The summed E-state index contributed by atoms with van der Waals surface area (Å²) < 4.78 is 10.5. The molecule has 1 N–H and O–H groups in total. The van der Waals surface area contributed by atoms with E-state index in [1.807, 2.05) is 85.0 Å². The molecule has 3 aromatic rings. The highest BCUT2D eigenvalue weighted by atomic mass is 16.5. The normalized spacial score (nSPS) is 12.2. The SMILES string of the molecule is COC(=O)CCCC(C=Cc1ccccc1)c1c(O)cc(C=Cc2ccccc2)cc1OC. The van der Waals surface area contributed by atoms with Crippen molar-refractivity contribution in [3.8, 4) is 11.5 Å². The third kappa shape index (κ3) is 7.11. The molecule has 4 nitrogen and oxygen atoms in total. The second-order valence-corrected chi connectivity index (χ2v) is 7.74. The van der Waals surface area contributed by atoms with E-state index in [9.17, 15) is 9.90 Å². The minimum atomic E-state index is -0.238. The van der Waals surface area contributed by atoms with E-state index in [1.54, 1.807) is 13.2 Å². The third-order valence-electron chi connectivity index (χ3n) is 5.45. The van der Waals surface area contributed by atoms with Crippen LogP contribution < -0.4 is 4.74 Å². The zero-order valence-corrected chi connectivity index (χ0v) is 19.1. The Morgan fingerprint density at radius 2 is 1.48 bits per heavy atom. The lowest BCUT2D eigenvalue weighted by Crippen LogP contribution is -2.04. The summed E-state index contributed by atoms with van der Waals surface area (Å²) in [6, 6.07) is 23.7. The number of carbonyl (C=O) groups excluding carboxylic acids is 1. The number of benzene rings is 3. The standard InChI is InChI=1S/C29H30O4/c1-32-27-21-24(17-16-22-10-5-3-6-11-22)20-26(30)29(27)25(14-9-15-28(31)33-2)19-18-23-12-7-4-8-13-23/h3-8,10-13,16-21,25,30H,9,14-15H2,1-2H3. The highest BCUT2D eigenvalue weighted by Gasteiger charge is 2.19. The quantitative estimate of drug-likeness (QED) is 0.280. The van der Waals surface area contributed by atoms with Crippen LogP contribution >= 0.6 is 0 Å². The van der Waals surface area contributed by atoms with E-state index in [1.165, 1.54) is 7.11 Å². The minimum absolute atomic E-state index is 0.128. The maximum atomic E-state index is 11.6. The van der Waals surface area contributed by atoms with Gasteiger partial charge in [0.05, 0.1) is 14.2 Å².